The minimum absolute atomic E-state index is 0.541. The highest BCUT2D eigenvalue weighted by Crippen LogP contribution is 2.38. The number of aromatic nitrogens is 3. The summed E-state index contributed by atoms with van der Waals surface area (Å²) in [7, 11) is 0. The highest BCUT2D eigenvalue weighted by molar-refractivity contribution is 5.94. The molecule has 1 aliphatic heterocycles. The zero-order valence-electron chi connectivity index (χ0n) is 12.4. The Hall–Kier alpha value is -2.76. The van der Waals surface area contributed by atoms with Gasteiger partial charge in [-0.2, -0.15) is 5.10 Å². The number of H-pyrrole nitrogens is 1. The first-order valence-electron chi connectivity index (χ1n) is 7.16. The molecular formula is C16H16N4O2. The number of hydrogen-bond donors (Lipinski definition) is 2. The maximum absolute atomic E-state index is 5.98. The van der Waals surface area contributed by atoms with Gasteiger partial charge in [-0.1, -0.05) is 6.07 Å². The minimum Gasteiger partial charge on any atom is -0.486 e. The minimum atomic E-state index is 0.541. The molecule has 0 bridgehead atoms. The number of nitrogen functional groups attached to an aromatic ring is 1. The van der Waals surface area contributed by atoms with E-state index in [0.717, 1.165) is 39.3 Å². The first-order valence-corrected chi connectivity index (χ1v) is 7.16. The van der Waals surface area contributed by atoms with E-state index >= 15 is 0 Å². The Morgan fingerprint density at radius 1 is 1.14 bits per heavy atom. The van der Waals surface area contributed by atoms with Crippen molar-refractivity contribution in [2.24, 2.45) is 0 Å². The Kier molecular flexibility index (Phi) is 2.72. The molecule has 3 aromatic rings. The van der Waals surface area contributed by atoms with Crippen LogP contribution in [-0.4, -0.2) is 28.4 Å². The SMILES string of the molecule is Cc1nc2n[nH]c(N)c2c(C)c1-c1ccc2c(c1)OCCO2. The van der Waals surface area contributed by atoms with Gasteiger partial charge in [-0.05, 0) is 37.1 Å². The molecule has 0 atom stereocenters. The fourth-order valence-corrected chi connectivity index (χ4v) is 3.03. The van der Waals surface area contributed by atoms with E-state index < -0.39 is 0 Å². The van der Waals surface area contributed by atoms with Crippen LogP contribution >= 0.6 is 0 Å². The van der Waals surface area contributed by atoms with Crippen molar-refractivity contribution < 1.29 is 9.47 Å². The summed E-state index contributed by atoms with van der Waals surface area (Å²) < 4.78 is 11.2. The van der Waals surface area contributed by atoms with Crippen LogP contribution in [0, 0.1) is 13.8 Å². The van der Waals surface area contributed by atoms with Crippen molar-refractivity contribution in [3.05, 3.63) is 29.5 Å². The molecule has 0 saturated carbocycles. The summed E-state index contributed by atoms with van der Waals surface area (Å²) in [4.78, 5) is 4.55. The summed E-state index contributed by atoms with van der Waals surface area (Å²) in [5, 5.41) is 7.80. The van der Waals surface area contributed by atoms with Crippen molar-refractivity contribution in [3.8, 4) is 22.6 Å². The van der Waals surface area contributed by atoms with Crippen molar-refractivity contribution in [2.45, 2.75) is 13.8 Å². The first kappa shape index (κ1) is 12.9. The number of aryl methyl sites for hydroxylation is 2. The second kappa shape index (κ2) is 4.62. The van der Waals surface area contributed by atoms with Crippen molar-refractivity contribution in [1.82, 2.24) is 15.2 Å². The molecule has 4 rings (SSSR count). The van der Waals surface area contributed by atoms with E-state index in [1.165, 1.54) is 0 Å². The number of benzene rings is 1. The molecule has 0 saturated heterocycles. The molecule has 0 unspecified atom stereocenters. The van der Waals surface area contributed by atoms with Crippen molar-refractivity contribution in [3.63, 3.8) is 0 Å². The average molecular weight is 296 g/mol. The monoisotopic (exact) mass is 296 g/mol. The maximum atomic E-state index is 5.98. The van der Waals surface area contributed by atoms with Crippen LogP contribution < -0.4 is 15.2 Å². The lowest BCUT2D eigenvalue weighted by molar-refractivity contribution is 0.171. The Bertz CT molecular complexity index is 885. The second-order valence-corrected chi connectivity index (χ2v) is 5.39. The summed E-state index contributed by atoms with van der Waals surface area (Å²) in [5.74, 6) is 2.09. The summed E-state index contributed by atoms with van der Waals surface area (Å²) in [6, 6.07) is 5.95. The number of pyridine rings is 1. The highest BCUT2D eigenvalue weighted by Gasteiger charge is 2.18. The normalized spacial score (nSPS) is 13.5. The average Bonchev–Trinajstić information content (AvgIpc) is 2.88. The first-order chi connectivity index (χ1) is 10.6. The van der Waals surface area contributed by atoms with Crippen molar-refractivity contribution >= 4 is 16.9 Å². The van der Waals surface area contributed by atoms with Gasteiger partial charge in [0, 0.05) is 11.3 Å². The number of nitrogens with two attached hydrogens (primary N) is 1. The molecule has 0 spiro atoms. The highest BCUT2D eigenvalue weighted by atomic mass is 16.6. The number of nitrogens with one attached hydrogen (secondary N) is 1. The Labute approximate surface area is 127 Å². The topological polar surface area (TPSA) is 86.1 Å². The molecule has 6 heteroatoms. The third-order valence-corrected chi connectivity index (χ3v) is 3.99. The molecule has 22 heavy (non-hydrogen) atoms. The molecule has 6 nitrogen and oxygen atoms in total. The molecule has 1 aromatic carbocycles. The van der Waals surface area contributed by atoms with Crippen LogP contribution in [-0.2, 0) is 0 Å². The van der Waals surface area contributed by atoms with Crippen LogP contribution in [0.5, 0.6) is 11.5 Å². The lowest BCUT2D eigenvalue weighted by Crippen LogP contribution is -2.15. The smallest absolute Gasteiger partial charge is 0.183 e. The molecule has 0 fully saturated rings. The fraction of sp³-hybridized carbons (Fsp3) is 0.250. The van der Waals surface area contributed by atoms with Gasteiger partial charge in [0.15, 0.2) is 17.1 Å². The van der Waals surface area contributed by atoms with E-state index in [1.54, 1.807) is 0 Å². The quantitative estimate of drug-likeness (QED) is 0.721. The van der Waals surface area contributed by atoms with Gasteiger partial charge in [0.25, 0.3) is 0 Å². The van der Waals surface area contributed by atoms with Gasteiger partial charge < -0.3 is 15.2 Å². The number of ether oxygens (including phenoxy) is 2. The largest absolute Gasteiger partial charge is 0.486 e. The van der Waals surface area contributed by atoms with E-state index in [1.807, 2.05) is 32.0 Å². The van der Waals surface area contributed by atoms with Gasteiger partial charge in [-0.25, -0.2) is 4.98 Å². The van der Waals surface area contributed by atoms with E-state index in [9.17, 15) is 0 Å². The summed E-state index contributed by atoms with van der Waals surface area (Å²) in [5.41, 5.74) is 10.7. The zero-order valence-corrected chi connectivity index (χ0v) is 12.4. The Morgan fingerprint density at radius 3 is 2.73 bits per heavy atom. The van der Waals surface area contributed by atoms with E-state index in [2.05, 4.69) is 15.2 Å². The number of fused-ring (bicyclic) bond motifs is 2. The third kappa shape index (κ3) is 1.80. The van der Waals surface area contributed by atoms with E-state index in [0.29, 0.717) is 24.7 Å². The Balaban J connectivity index is 1.95. The second-order valence-electron chi connectivity index (χ2n) is 5.39. The summed E-state index contributed by atoms with van der Waals surface area (Å²) in [6.45, 7) is 5.17. The molecule has 0 radical (unpaired) electrons. The number of rotatable bonds is 1. The maximum Gasteiger partial charge on any atom is 0.183 e. The van der Waals surface area contributed by atoms with Gasteiger partial charge in [0.2, 0.25) is 0 Å². The molecule has 0 amide bonds. The van der Waals surface area contributed by atoms with Crippen LogP contribution in [0.2, 0.25) is 0 Å². The van der Waals surface area contributed by atoms with Gasteiger partial charge in [0.1, 0.15) is 19.0 Å². The summed E-state index contributed by atoms with van der Waals surface area (Å²) in [6.07, 6.45) is 0. The number of hydrogen-bond acceptors (Lipinski definition) is 5. The standard InChI is InChI=1S/C16H16N4O2/c1-8-13(9(2)18-16-14(8)15(17)19-20-16)10-3-4-11-12(7-10)22-6-5-21-11/h3-4,7H,5-6H2,1-2H3,(H3,17,18,19,20). The lowest BCUT2D eigenvalue weighted by Gasteiger charge is -2.19. The Morgan fingerprint density at radius 2 is 1.91 bits per heavy atom. The number of aromatic amines is 1. The van der Waals surface area contributed by atoms with Crippen LogP contribution in [0.1, 0.15) is 11.3 Å². The van der Waals surface area contributed by atoms with Gasteiger partial charge >= 0.3 is 0 Å². The predicted octanol–water partition coefficient (Wildman–Crippen LogP) is 2.60. The molecule has 112 valence electrons. The lowest BCUT2D eigenvalue weighted by atomic mass is 9.97. The molecular weight excluding hydrogens is 280 g/mol. The molecule has 2 aromatic heterocycles. The van der Waals surface area contributed by atoms with Crippen molar-refractivity contribution in [1.29, 1.82) is 0 Å². The molecule has 3 heterocycles. The predicted molar refractivity (Wildman–Crippen MR) is 84.2 cm³/mol. The van der Waals surface area contributed by atoms with Crippen LogP contribution in [0.15, 0.2) is 18.2 Å². The molecule has 0 aliphatic carbocycles. The fourth-order valence-electron chi connectivity index (χ4n) is 3.03. The molecule has 3 N–H and O–H groups in total. The molecule has 1 aliphatic rings. The van der Waals surface area contributed by atoms with Gasteiger partial charge in [-0.15, -0.1) is 0 Å². The third-order valence-electron chi connectivity index (χ3n) is 3.99. The number of nitrogens with zero attached hydrogens (tertiary/aromatic N) is 2. The van der Waals surface area contributed by atoms with E-state index in [-0.39, 0.29) is 0 Å². The van der Waals surface area contributed by atoms with Crippen LogP contribution in [0.3, 0.4) is 0 Å². The van der Waals surface area contributed by atoms with Crippen LogP contribution in [0.4, 0.5) is 5.82 Å². The zero-order chi connectivity index (χ0) is 15.3. The summed E-state index contributed by atoms with van der Waals surface area (Å²) >= 11 is 0. The van der Waals surface area contributed by atoms with Gasteiger partial charge in [0.05, 0.1) is 5.39 Å². The number of anilines is 1. The van der Waals surface area contributed by atoms with Crippen molar-refractivity contribution in [2.75, 3.05) is 18.9 Å². The van der Waals surface area contributed by atoms with E-state index in [4.69, 9.17) is 15.2 Å². The van der Waals surface area contributed by atoms with Crippen LogP contribution in [0.25, 0.3) is 22.2 Å². The van der Waals surface area contributed by atoms with Gasteiger partial charge in [-0.3, -0.25) is 5.10 Å².